The van der Waals surface area contributed by atoms with Gasteiger partial charge >= 0.3 is 0 Å². The molecule has 0 aliphatic carbocycles. The minimum atomic E-state index is 0.220. The van der Waals surface area contributed by atoms with Gasteiger partial charge in [0.15, 0.2) is 11.5 Å². The van der Waals surface area contributed by atoms with Gasteiger partial charge in [0, 0.05) is 41.5 Å². The molecule has 0 saturated carbocycles. The van der Waals surface area contributed by atoms with Gasteiger partial charge in [-0.1, -0.05) is 11.8 Å². The number of hydrogen-bond acceptors (Lipinski definition) is 6. The van der Waals surface area contributed by atoms with Gasteiger partial charge < -0.3 is 14.6 Å². The van der Waals surface area contributed by atoms with Crippen LogP contribution in [0, 0.1) is 11.8 Å². The van der Waals surface area contributed by atoms with Crippen molar-refractivity contribution >= 4 is 27.9 Å². The first-order valence-electron chi connectivity index (χ1n) is 10.4. The van der Waals surface area contributed by atoms with E-state index >= 15 is 0 Å². The lowest BCUT2D eigenvalue weighted by Crippen LogP contribution is -2.44. The summed E-state index contributed by atoms with van der Waals surface area (Å²) in [7, 11) is 0. The number of anilines is 1. The first kappa shape index (κ1) is 18.6. The lowest BCUT2D eigenvalue weighted by atomic mass is 10.1. The standard InChI is InChI=1S/C23H20N8O/c1-15-14-32-11-10-30(15)21-12-17(3-2-16-4-7-24-22-18(16)5-8-25-22)19-13-27-31(23(19)28-21)20-6-9-26-29-20/h4-9,12-13,15H,10-11,14H2,1H3,(H,24,25)(H,26,29)/t15-/m1/s1. The van der Waals surface area contributed by atoms with Crippen LogP contribution in [0.15, 0.2) is 49.1 Å². The first-order valence-corrected chi connectivity index (χ1v) is 10.4. The molecule has 1 saturated heterocycles. The number of pyridine rings is 2. The minimum Gasteiger partial charge on any atom is -0.377 e. The van der Waals surface area contributed by atoms with Crippen molar-refractivity contribution in [2.45, 2.75) is 13.0 Å². The maximum Gasteiger partial charge on any atom is 0.168 e. The Morgan fingerprint density at radius 2 is 2.06 bits per heavy atom. The molecule has 32 heavy (non-hydrogen) atoms. The summed E-state index contributed by atoms with van der Waals surface area (Å²) in [4.78, 5) is 14.7. The summed E-state index contributed by atoms with van der Waals surface area (Å²) >= 11 is 0. The molecule has 5 aromatic heterocycles. The van der Waals surface area contributed by atoms with Crippen molar-refractivity contribution in [2.24, 2.45) is 0 Å². The molecular weight excluding hydrogens is 404 g/mol. The van der Waals surface area contributed by atoms with Crippen molar-refractivity contribution in [3.63, 3.8) is 0 Å². The molecule has 0 amide bonds. The first-order chi connectivity index (χ1) is 15.8. The van der Waals surface area contributed by atoms with Crippen LogP contribution in [0.4, 0.5) is 5.82 Å². The van der Waals surface area contributed by atoms with Crippen molar-refractivity contribution in [3.8, 4) is 17.7 Å². The molecule has 9 heteroatoms. The normalized spacial score (nSPS) is 16.4. The Morgan fingerprint density at radius 3 is 2.94 bits per heavy atom. The van der Waals surface area contributed by atoms with Gasteiger partial charge in [-0.25, -0.2) is 9.97 Å². The van der Waals surface area contributed by atoms with Gasteiger partial charge in [-0.2, -0.15) is 14.9 Å². The molecule has 1 atom stereocenters. The zero-order valence-corrected chi connectivity index (χ0v) is 17.4. The molecule has 0 unspecified atom stereocenters. The van der Waals surface area contributed by atoms with Crippen molar-refractivity contribution in [2.75, 3.05) is 24.7 Å². The number of hydrogen-bond donors (Lipinski definition) is 2. The molecule has 1 fully saturated rings. The molecule has 2 N–H and O–H groups in total. The average Bonchev–Trinajstić information content (AvgIpc) is 3.57. The van der Waals surface area contributed by atoms with Crippen LogP contribution in [0.25, 0.3) is 27.9 Å². The molecule has 6 rings (SSSR count). The molecule has 1 aliphatic heterocycles. The summed E-state index contributed by atoms with van der Waals surface area (Å²) in [6, 6.07) is 8.05. The number of rotatable bonds is 2. The number of nitrogens with one attached hydrogen (secondary N) is 2. The van der Waals surface area contributed by atoms with Gasteiger partial charge in [0.1, 0.15) is 11.5 Å². The van der Waals surface area contributed by atoms with Crippen LogP contribution >= 0.6 is 0 Å². The fourth-order valence-electron chi connectivity index (χ4n) is 4.05. The highest BCUT2D eigenvalue weighted by atomic mass is 16.5. The van der Waals surface area contributed by atoms with Gasteiger partial charge in [-0.15, -0.1) is 0 Å². The summed E-state index contributed by atoms with van der Waals surface area (Å²) in [5, 5.41) is 13.5. The molecule has 5 aromatic rings. The number of ether oxygens (including phenoxy) is 1. The molecule has 6 heterocycles. The van der Waals surface area contributed by atoms with E-state index < -0.39 is 0 Å². The van der Waals surface area contributed by atoms with Crippen LogP contribution in [0.1, 0.15) is 18.1 Å². The summed E-state index contributed by atoms with van der Waals surface area (Å²) < 4.78 is 7.38. The monoisotopic (exact) mass is 424 g/mol. The predicted molar refractivity (Wildman–Crippen MR) is 121 cm³/mol. The maximum atomic E-state index is 5.62. The largest absolute Gasteiger partial charge is 0.377 e. The number of fused-ring (bicyclic) bond motifs is 2. The topological polar surface area (TPSA) is 101 Å². The summed E-state index contributed by atoms with van der Waals surface area (Å²) in [6.45, 7) is 4.26. The molecule has 9 nitrogen and oxygen atoms in total. The van der Waals surface area contributed by atoms with Crippen LogP contribution in [-0.4, -0.2) is 60.7 Å². The van der Waals surface area contributed by atoms with Crippen LogP contribution in [-0.2, 0) is 4.74 Å². The molecule has 158 valence electrons. The number of nitrogens with zero attached hydrogens (tertiary/aromatic N) is 6. The lowest BCUT2D eigenvalue weighted by molar-refractivity contribution is 0.0985. The van der Waals surface area contributed by atoms with E-state index in [0.29, 0.717) is 13.2 Å². The zero-order chi connectivity index (χ0) is 21.5. The van der Waals surface area contributed by atoms with Crippen LogP contribution in [0.3, 0.4) is 0 Å². The van der Waals surface area contributed by atoms with Crippen LogP contribution in [0.2, 0.25) is 0 Å². The molecule has 0 spiro atoms. The van der Waals surface area contributed by atoms with E-state index in [-0.39, 0.29) is 6.04 Å². The Bertz CT molecular complexity index is 1470. The van der Waals surface area contributed by atoms with E-state index in [1.54, 1.807) is 23.3 Å². The van der Waals surface area contributed by atoms with Gasteiger partial charge in [-0.05, 0) is 25.1 Å². The molecule has 0 aromatic carbocycles. The van der Waals surface area contributed by atoms with Crippen molar-refractivity contribution in [1.29, 1.82) is 0 Å². The quantitative estimate of drug-likeness (QED) is 0.423. The molecular formula is C23H20N8O. The molecule has 1 aliphatic rings. The van der Waals surface area contributed by atoms with E-state index in [2.05, 4.69) is 48.9 Å². The Hall–Kier alpha value is -4.16. The van der Waals surface area contributed by atoms with E-state index in [1.807, 2.05) is 30.5 Å². The van der Waals surface area contributed by atoms with E-state index in [9.17, 15) is 0 Å². The van der Waals surface area contributed by atoms with Gasteiger partial charge in [0.2, 0.25) is 0 Å². The Morgan fingerprint density at radius 1 is 1.12 bits per heavy atom. The predicted octanol–water partition coefficient (Wildman–Crippen LogP) is 2.64. The second-order valence-electron chi connectivity index (χ2n) is 7.73. The van der Waals surface area contributed by atoms with Crippen LogP contribution < -0.4 is 4.90 Å². The third-order valence-electron chi connectivity index (χ3n) is 5.70. The van der Waals surface area contributed by atoms with Crippen molar-refractivity contribution < 1.29 is 4.74 Å². The number of morpholine rings is 1. The van der Waals surface area contributed by atoms with E-state index in [0.717, 1.165) is 51.4 Å². The minimum absolute atomic E-state index is 0.220. The second-order valence-corrected chi connectivity index (χ2v) is 7.73. The van der Waals surface area contributed by atoms with Gasteiger partial charge in [0.05, 0.1) is 37.0 Å². The summed E-state index contributed by atoms with van der Waals surface area (Å²) in [5.74, 6) is 8.31. The zero-order valence-electron chi connectivity index (χ0n) is 17.4. The number of aromatic nitrogens is 7. The van der Waals surface area contributed by atoms with Crippen molar-refractivity contribution in [3.05, 3.63) is 60.2 Å². The Balaban J connectivity index is 1.53. The number of aromatic amines is 2. The van der Waals surface area contributed by atoms with Gasteiger partial charge in [0.25, 0.3) is 0 Å². The van der Waals surface area contributed by atoms with E-state index in [1.165, 1.54) is 0 Å². The highest BCUT2D eigenvalue weighted by Gasteiger charge is 2.22. The SMILES string of the molecule is C[C@@H]1COCCN1c1cc(C#Cc2ccnc3[nH]ccc23)c2cnn(-c3ccn[nH]3)c2n1. The fraction of sp³-hybridized carbons (Fsp3) is 0.217. The Kier molecular flexibility index (Phi) is 4.37. The summed E-state index contributed by atoms with van der Waals surface area (Å²) in [6.07, 6.45) is 7.14. The third-order valence-corrected chi connectivity index (χ3v) is 5.70. The third kappa shape index (κ3) is 3.09. The highest BCUT2D eigenvalue weighted by molar-refractivity contribution is 5.87. The fourth-order valence-corrected chi connectivity index (χ4v) is 4.05. The molecule has 0 bridgehead atoms. The second kappa shape index (κ2) is 7.51. The smallest absolute Gasteiger partial charge is 0.168 e. The van der Waals surface area contributed by atoms with E-state index in [4.69, 9.17) is 9.72 Å². The Labute approximate surface area is 183 Å². The lowest BCUT2D eigenvalue weighted by Gasteiger charge is -2.34. The summed E-state index contributed by atoms with van der Waals surface area (Å²) in [5.41, 5.74) is 3.35. The molecule has 0 radical (unpaired) electrons. The number of H-pyrrole nitrogens is 2. The van der Waals surface area contributed by atoms with Crippen molar-refractivity contribution in [1.82, 2.24) is 34.9 Å². The van der Waals surface area contributed by atoms with Gasteiger partial charge in [-0.3, -0.25) is 5.10 Å². The highest BCUT2D eigenvalue weighted by Crippen LogP contribution is 2.26. The average molecular weight is 424 g/mol. The maximum absolute atomic E-state index is 5.62. The van der Waals surface area contributed by atoms with Crippen LogP contribution in [0.5, 0.6) is 0 Å².